The minimum absolute atomic E-state index is 0.284. The molecule has 0 spiro atoms. The van der Waals surface area contributed by atoms with Crippen molar-refractivity contribution < 1.29 is 13.5 Å². The van der Waals surface area contributed by atoms with E-state index in [1.165, 1.54) is 6.07 Å². The van der Waals surface area contributed by atoms with Crippen molar-refractivity contribution in [3.05, 3.63) is 29.8 Å². The number of alkyl halides is 1. The lowest BCUT2D eigenvalue weighted by atomic mass is 10.3. The van der Waals surface area contributed by atoms with Crippen LogP contribution in [0, 0.1) is 11.6 Å². The SMILES string of the molecule is Fc1ccc(OCCCl)cc1F. The highest BCUT2D eigenvalue weighted by Gasteiger charge is 2.02. The molecule has 1 rings (SSSR count). The van der Waals surface area contributed by atoms with E-state index >= 15 is 0 Å². The third-order valence-corrected chi connectivity index (χ3v) is 1.39. The third kappa shape index (κ3) is 2.34. The first-order valence-corrected chi connectivity index (χ1v) is 3.91. The van der Waals surface area contributed by atoms with Crippen molar-refractivity contribution in [1.29, 1.82) is 0 Å². The predicted octanol–water partition coefficient (Wildman–Crippen LogP) is 2.58. The van der Waals surface area contributed by atoms with Crippen molar-refractivity contribution in [2.75, 3.05) is 12.5 Å². The number of benzene rings is 1. The van der Waals surface area contributed by atoms with Crippen LogP contribution in [0.1, 0.15) is 0 Å². The zero-order valence-corrected chi connectivity index (χ0v) is 6.94. The Morgan fingerprint density at radius 1 is 1.25 bits per heavy atom. The summed E-state index contributed by atoms with van der Waals surface area (Å²) in [4.78, 5) is 0. The maximum Gasteiger partial charge on any atom is 0.162 e. The molecule has 0 N–H and O–H groups in total. The predicted molar refractivity (Wildman–Crippen MR) is 42.6 cm³/mol. The quantitative estimate of drug-likeness (QED) is 0.669. The number of hydrogen-bond acceptors (Lipinski definition) is 1. The van der Waals surface area contributed by atoms with Crippen LogP contribution in [0.15, 0.2) is 18.2 Å². The normalized spacial score (nSPS) is 9.92. The highest BCUT2D eigenvalue weighted by atomic mass is 35.5. The van der Waals surface area contributed by atoms with Gasteiger partial charge in [-0.05, 0) is 12.1 Å². The highest BCUT2D eigenvalue weighted by Crippen LogP contribution is 2.15. The molecule has 0 fully saturated rings. The molecule has 1 aromatic carbocycles. The van der Waals surface area contributed by atoms with Crippen LogP contribution in [0.25, 0.3) is 0 Å². The van der Waals surface area contributed by atoms with Crippen LogP contribution in [-0.4, -0.2) is 12.5 Å². The molecular formula is C8H7ClF2O. The van der Waals surface area contributed by atoms with Crippen LogP contribution >= 0.6 is 11.6 Å². The van der Waals surface area contributed by atoms with E-state index in [1.54, 1.807) is 0 Å². The monoisotopic (exact) mass is 192 g/mol. The molecule has 0 heterocycles. The Hall–Kier alpha value is -0.830. The summed E-state index contributed by atoms with van der Waals surface area (Å²) in [5.74, 6) is -1.19. The van der Waals surface area contributed by atoms with Crippen molar-refractivity contribution in [1.82, 2.24) is 0 Å². The van der Waals surface area contributed by atoms with Gasteiger partial charge in [-0.25, -0.2) is 8.78 Å². The fraction of sp³-hybridized carbons (Fsp3) is 0.250. The van der Waals surface area contributed by atoms with Gasteiger partial charge in [0.25, 0.3) is 0 Å². The first-order chi connectivity index (χ1) is 5.74. The lowest BCUT2D eigenvalue weighted by molar-refractivity contribution is 0.339. The molecule has 12 heavy (non-hydrogen) atoms. The van der Waals surface area contributed by atoms with Crippen molar-refractivity contribution >= 4 is 11.6 Å². The molecule has 0 aliphatic rings. The van der Waals surface area contributed by atoms with Crippen LogP contribution in [0.2, 0.25) is 0 Å². The Balaban J connectivity index is 2.69. The molecule has 0 saturated heterocycles. The Labute approximate surface area is 73.9 Å². The van der Waals surface area contributed by atoms with Crippen LogP contribution in [0.4, 0.5) is 8.78 Å². The van der Waals surface area contributed by atoms with E-state index in [1.807, 2.05) is 0 Å². The first-order valence-electron chi connectivity index (χ1n) is 3.38. The highest BCUT2D eigenvalue weighted by molar-refractivity contribution is 6.17. The molecule has 4 heteroatoms. The zero-order valence-electron chi connectivity index (χ0n) is 6.19. The number of ether oxygens (including phenoxy) is 1. The molecule has 66 valence electrons. The molecule has 0 aliphatic heterocycles. The summed E-state index contributed by atoms with van der Waals surface area (Å²) in [6.07, 6.45) is 0. The Kier molecular flexibility index (Phi) is 3.29. The largest absolute Gasteiger partial charge is 0.492 e. The van der Waals surface area contributed by atoms with E-state index in [9.17, 15) is 8.78 Å². The van der Waals surface area contributed by atoms with Gasteiger partial charge in [0.05, 0.1) is 5.88 Å². The molecule has 0 aromatic heterocycles. The Bertz CT molecular complexity index is 265. The number of rotatable bonds is 3. The maximum atomic E-state index is 12.5. The third-order valence-electron chi connectivity index (χ3n) is 1.24. The van der Waals surface area contributed by atoms with Gasteiger partial charge in [0, 0.05) is 6.07 Å². The fourth-order valence-electron chi connectivity index (χ4n) is 0.723. The molecule has 0 atom stereocenters. The summed E-state index contributed by atoms with van der Waals surface area (Å²) in [6, 6.07) is 3.35. The van der Waals surface area contributed by atoms with Gasteiger partial charge >= 0.3 is 0 Å². The number of halogens is 3. The van der Waals surface area contributed by atoms with E-state index < -0.39 is 11.6 Å². The Morgan fingerprint density at radius 2 is 2.00 bits per heavy atom. The standard InChI is InChI=1S/C8H7ClF2O/c9-3-4-12-6-1-2-7(10)8(11)5-6/h1-2,5H,3-4H2. The molecule has 0 amide bonds. The van der Waals surface area contributed by atoms with Gasteiger partial charge in [-0.1, -0.05) is 0 Å². The second-order valence-electron chi connectivity index (χ2n) is 2.11. The van der Waals surface area contributed by atoms with Crippen molar-refractivity contribution in [2.45, 2.75) is 0 Å². The van der Waals surface area contributed by atoms with Crippen molar-refractivity contribution in [3.8, 4) is 5.75 Å². The van der Waals surface area contributed by atoms with Crippen LogP contribution in [-0.2, 0) is 0 Å². The maximum absolute atomic E-state index is 12.5. The van der Waals surface area contributed by atoms with E-state index in [0.717, 1.165) is 12.1 Å². The van der Waals surface area contributed by atoms with Gasteiger partial charge in [0.1, 0.15) is 12.4 Å². The molecule has 1 nitrogen and oxygen atoms in total. The molecule has 0 radical (unpaired) electrons. The molecule has 1 aromatic rings. The minimum atomic E-state index is -0.915. The van der Waals surface area contributed by atoms with Gasteiger partial charge in [0.2, 0.25) is 0 Å². The van der Waals surface area contributed by atoms with Crippen molar-refractivity contribution in [2.24, 2.45) is 0 Å². The summed E-state index contributed by atoms with van der Waals surface area (Å²) >= 11 is 5.33. The van der Waals surface area contributed by atoms with Crippen LogP contribution in [0.5, 0.6) is 5.75 Å². The molecular weight excluding hydrogens is 186 g/mol. The second-order valence-corrected chi connectivity index (χ2v) is 2.49. The smallest absolute Gasteiger partial charge is 0.162 e. The lowest BCUT2D eigenvalue weighted by Gasteiger charge is -2.02. The van der Waals surface area contributed by atoms with Gasteiger partial charge in [-0.2, -0.15) is 0 Å². The lowest BCUT2D eigenvalue weighted by Crippen LogP contribution is -1.98. The summed E-state index contributed by atoms with van der Waals surface area (Å²) in [7, 11) is 0. The van der Waals surface area contributed by atoms with Gasteiger partial charge in [-0.15, -0.1) is 11.6 Å². The number of hydrogen-bond donors (Lipinski definition) is 0. The molecule has 0 bridgehead atoms. The average molecular weight is 193 g/mol. The topological polar surface area (TPSA) is 9.23 Å². The molecule has 0 unspecified atom stereocenters. The first kappa shape index (κ1) is 9.26. The van der Waals surface area contributed by atoms with Gasteiger partial charge < -0.3 is 4.74 Å². The van der Waals surface area contributed by atoms with Gasteiger partial charge in [0.15, 0.2) is 11.6 Å². The summed E-state index contributed by atoms with van der Waals surface area (Å²) in [6.45, 7) is 0.284. The van der Waals surface area contributed by atoms with Crippen molar-refractivity contribution in [3.63, 3.8) is 0 Å². The summed E-state index contributed by atoms with van der Waals surface area (Å²) in [5, 5.41) is 0. The van der Waals surface area contributed by atoms with E-state index in [2.05, 4.69) is 0 Å². The molecule has 0 saturated carbocycles. The van der Waals surface area contributed by atoms with Crippen LogP contribution in [0.3, 0.4) is 0 Å². The van der Waals surface area contributed by atoms with Crippen LogP contribution < -0.4 is 4.74 Å². The second kappa shape index (κ2) is 4.26. The van der Waals surface area contributed by atoms with E-state index in [-0.39, 0.29) is 12.4 Å². The Morgan fingerprint density at radius 3 is 2.58 bits per heavy atom. The zero-order chi connectivity index (χ0) is 8.97. The molecule has 0 aliphatic carbocycles. The van der Waals surface area contributed by atoms with E-state index in [0.29, 0.717) is 5.88 Å². The fourth-order valence-corrected chi connectivity index (χ4v) is 0.800. The average Bonchev–Trinajstić information content (AvgIpc) is 2.07. The minimum Gasteiger partial charge on any atom is -0.492 e. The van der Waals surface area contributed by atoms with E-state index in [4.69, 9.17) is 16.3 Å². The van der Waals surface area contributed by atoms with Gasteiger partial charge in [-0.3, -0.25) is 0 Å². The summed E-state index contributed by atoms with van der Waals surface area (Å²) in [5.41, 5.74) is 0. The summed E-state index contributed by atoms with van der Waals surface area (Å²) < 4.78 is 29.8.